The molecule has 36 heavy (non-hydrogen) atoms. The van der Waals surface area contributed by atoms with Crippen molar-refractivity contribution in [1.29, 1.82) is 0 Å². The minimum atomic E-state index is -1.05. The number of carboxylic acids is 1. The fourth-order valence-corrected chi connectivity index (χ4v) is 4.95. The number of hydrogen-bond acceptors (Lipinski definition) is 7. The van der Waals surface area contributed by atoms with Crippen molar-refractivity contribution < 1.29 is 23.8 Å². The van der Waals surface area contributed by atoms with Crippen molar-refractivity contribution in [2.45, 2.75) is 45.4 Å². The van der Waals surface area contributed by atoms with Crippen molar-refractivity contribution in [3.8, 4) is 21.7 Å². The van der Waals surface area contributed by atoms with E-state index in [0.29, 0.717) is 16.8 Å². The molecule has 4 rings (SSSR count). The van der Waals surface area contributed by atoms with Crippen LogP contribution < -0.4 is 5.73 Å². The van der Waals surface area contributed by atoms with E-state index < -0.39 is 18.1 Å². The SMILES string of the molecule is Cc1sc(-c2ccccc2)nc1C(=O)C(N)c1cc(CC(OC(C)C)C(=O)O)ccc1-c1ccoc1. The number of nitrogens with zero attached hydrogens (tertiary/aromatic N) is 1. The first kappa shape index (κ1) is 25.5. The first-order valence-electron chi connectivity index (χ1n) is 11.6. The van der Waals surface area contributed by atoms with Crippen molar-refractivity contribution in [2.24, 2.45) is 5.73 Å². The fraction of sp³-hybridized carbons (Fsp3) is 0.250. The third-order valence-electron chi connectivity index (χ3n) is 5.75. The number of thiazole rings is 1. The molecule has 0 spiro atoms. The van der Waals surface area contributed by atoms with E-state index in [9.17, 15) is 14.7 Å². The molecule has 0 saturated carbocycles. The van der Waals surface area contributed by atoms with E-state index in [1.54, 1.807) is 38.5 Å². The second-order valence-corrected chi connectivity index (χ2v) is 9.98. The van der Waals surface area contributed by atoms with Gasteiger partial charge in [-0.25, -0.2) is 9.78 Å². The molecule has 3 N–H and O–H groups in total. The number of rotatable bonds is 10. The average Bonchev–Trinajstić information content (AvgIpc) is 3.53. The van der Waals surface area contributed by atoms with Crippen molar-refractivity contribution in [3.63, 3.8) is 0 Å². The molecule has 4 aromatic rings. The number of ether oxygens (including phenoxy) is 1. The number of hydrogen-bond donors (Lipinski definition) is 2. The summed E-state index contributed by atoms with van der Waals surface area (Å²) in [5.74, 6) is -1.35. The molecule has 0 bridgehead atoms. The average molecular weight is 505 g/mol. The lowest BCUT2D eigenvalue weighted by atomic mass is 9.90. The molecule has 0 radical (unpaired) electrons. The predicted molar refractivity (Wildman–Crippen MR) is 139 cm³/mol. The third-order valence-corrected chi connectivity index (χ3v) is 6.77. The summed E-state index contributed by atoms with van der Waals surface area (Å²) in [4.78, 5) is 30.7. The molecule has 7 nitrogen and oxygen atoms in total. The molecule has 0 aliphatic carbocycles. The molecule has 8 heteroatoms. The number of aryl methyl sites for hydroxylation is 1. The number of nitrogens with two attached hydrogens (primary N) is 1. The summed E-state index contributed by atoms with van der Waals surface area (Å²) < 4.78 is 10.8. The normalized spacial score (nSPS) is 13.0. The summed E-state index contributed by atoms with van der Waals surface area (Å²) in [7, 11) is 0. The highest BCUT2D eigenvalue weighted by molar-refractivity contribution is 7.15. The second kappa shape index (κ2) is 11.0. The number of furan rings is 1. The first-order valence-corrected chi connectivity index (χ1v) is 12.4. The number of benzene rings is 2. The van der Waals surface area contributed by atoms with Crippen molar-refractivity contribution in [3.05, 3.63) is 88.8 Å². The van der Waals surface area contributed by atoms with Gasteiger partial charge in [0, 0.05) is 22.4 Å². The lowest BCUT2D eigenvalue weighted by molar-refractivity contribution is -0.153. The van der Waals surface area contributed by atoms with Crippen LogP contribution in [0.3, 0.4) is 0 Å². The van der Waals surface area contributed by atoms with Crippen molar-refractivity contribution >= 4 is 23.1 Å². The van der Waals surface area contributed by atoms with E-state index in [0.717, 1.165) is 26.6 Å². The van der Waals surface area contributed by atoms with Gasteiger partial charge in [0.2, 0.25) is 5.78 Å². The number of aliphatic carboxylic acids is 1. The van der Waals surface area contributed by atoms with E-state index in [-0.39, 0.29) is 18.3 Å². The zero-order valence-corrected chi connectivity index (χ0v) is 21.1. The van der Waals surface area contributed by atoms with E-state index in [4.69, 9.17) is 14.9 Å². The van der Waals surface area contributed by atoms with Crippen LogP contribution in [0, 0.1) is 6.92 Å². The number of carbonyl (C=O) groups is 2. The summed E-state index contributed by atoms with van der Waals surface area (Å²) in [6.07, 6.45) is 2.01. The van der Waals surface area contributed by atoms with E-state index in [1.165, 1.54) is 11.3 Å². The largest absolute Gasteiger partial charge is 0.479 e. The van der Waals surface area contributed by atoms with Crippen LogP contribution in [-0.2, 0) is 16.0 Å². The monoisotopic (exact) mass is 504 g/mol. The molecule has 0 aliphatic heterocycles. The molecular weight excluding hydrogens is 476 g/mol. The van der Waals surface area contributed by atoms with Crippen LogP contribution in [0.25, 0.3) is 21.7 Å². The Kier molecular flexibility index (Phi) is 7.79. The summed E-state index contributed by atoms with van der Waals surface area (Å²) in [6, 6.07) is 15.9. The van der Waals surface area contributed by atoms with Gasteiger partial charge < -0.3 is 20.0 Å². The Morgan fingerprint density at radius 3 is 2.50 bits per heavy atom. The van der Waals surface area contributed by atoms with Gasteiger partial charge in [0.1, 0.15) is 10.7 Å². The molecule has 0 saturated heterocycles. The van der Waals surface area contributed by atoms with Gasteiger partial charge in [-0.1, -0.05) is 48.5 Å². The number of carbonyl (C=O) groups excluding carboxylic acids is 1. The van der Waals surface area contributed by atoms with Crippen LogP contribution >= 0.6 is 11.3 Å². The zero-order valence-electron chi connectivity index (χ0n) is 20.3. The topological polar surface area (TPSA) is 116 Å². The van der Waals surface area contributed by atoms with Crippen LogP contribution in [0.15, 0.2) is 71.5 Å². The fourth-order valence-electron chi connectivity index (χ4n) is 4.03. The van der Waals surface area contributed by atoms with Gasteiger partial charge in [-0.3, -0.25) is 4.79 Å². The van der Waals surface area contributed by atoms with E-state index in [2.05, 4.69) is 4.98 Å². The minimum Gasteiger partial charge on any atom is -0.479 e. The maximum Gasteiger partial charge on any atom is 0.333 e. The Morgan fingerprint density at radius 2 is 1.86 bits per heavy atom. The van der Waals surface area contributed by atoms with Crippen LogP contribution in [0.1, 0.15) is 46.4 Å². The van der Waals surface area contributed by atoms with Gasteiger partial charge in [-0.05, 0) is 43.5 Å². The maximum atomic E-state index is 13.6. The standard InChI is InChI=1S/C28H28N2O5S/c1-16(2)35-23(28(32)33)14-18-9-10-21(20-11-12-34-15-20)22(13-18)24(29)26(31)25-17(3)36-27(30-25)19-7-5-4-6-8-19/h4-13,15-16,23-24H,14,29H2,1-3H3,(H,32,33). The lowest BCUT2D eigenvalue weighted by Crippen LogP contribution is -2.29. The molecular formula is C28H28N2O5S. The number of carboxylic acid groups (broad SMARTS) is 1. The molecule has 0 fully saturated rings. The number of aromatic nitrogens is 1. The smallest absolute Gasteiger partial charge is 0.333 e. The van der Waals surface area contributed by atoms with Crippen molar-refractivity contribution in [2.75, 3.05) is 0 Å². The van der Waals surface area contributed by atoms with E-state index >= 15 is 0 Å². The molecule has 2 atom stereocenters. The highest BCUT2D eigenvalue weighted by atomic mass is 32.1. The predicted octanol–water partition coefficient (Wildman–Crippen LogP) is 5.68. The Hall–Kier alpha value is -3.59. The maximum absolute atomic E-state index is 13.6. The molecule has 0 amide bonds. The van der Waals surface area contributed by atoms with Gasteiger partial charge in [0.25, 0.3) is 0 Å². The molecule has 0 aliphatic rings. The third kappa shape index (κ3) is 5.62. The van der Waals surface area contributed by atoms with Crippen LogP contribution in [0.5, 0.6) is 0 Å². The summed E-state index contributed by atoms with van der Waals surface area (Å²) in [5.41, 5.74) is 10.6. The molecule has 2 unspecified atom stereocenters. The zero-order chi connectivity index (χ0) is 25.8. The molecule has 186 valence electrons. The van der Waals surface area contributed by atoms with Gasteiger partial charge in [0.15, 0.2) is 6.10 Å². The van der Waals surface area contributed by atoms with Crippen LogP contribution in [0.4, 0.5) is 0 Å². The van der Waals surface area contributed by atoms with E-state index in [1.807, 2.05) is 49.4 Å². The lowest BCUT2D eigenvalue weighted by Gasteiger charge is -2.19. The van der Waals surface area contributed by atoms with Crippen molar-refractivity contribution in [1.82, 2.24) is 4.98 Å². The first-order chi connectivity index (χ1) is 17.2. The second-order valence-electron chi connectivity index (χ2n) is 8.78. The Bertz CT molecular complexity index is 1350. The molecule has 2 aromatic carbocycles. The summed E-state index contributed by atoms with van der Waals surface area (Å²) >= 11 is 1.45. The van der Waals surface area contributed by atoms with Gasteiger partial charge in [0.05, 0.1) is 24.7 Å². The Labute approximate surface area is 213 Å². The molecule has 2 aromatic heterocycles. The number of Topliss-reactive ketones (excluding diaryl/α,β-unsaturated/α-hetero) is 1. The Morgan fingerprint density at radius 1 is 1.11 bits per heavy atom. The summed E-state index contributed by atoms with van der Waals surface area (Å²) in [5, 5.41) is 10.4. The highest BCUT2D eigenvalue weighted by Crippen LogP contribution is 2.34. The number of ketones is 1. The van der Waals surface area contributed by atoms with Gasteiger partial charge >= 0.3 is 5.97 Å². The Balaban J connectivity index is 1.70. The van der Waals surface area contributed by atoms with Crippen LogP contribution in [-0.4, -0.2) is 34.1 Å². The minimum absolute atomic E-state index is 0.140. The summed E-state index contributed by atoms with van der Waals surface area (Å²) in [6.45, 7) is 5.44. The quantitative estimate of drug-likeness (QED) is 0.267. The van der Waals surface area contributed by atoms with Crippen LogP contribution in [0.2, 0.25) is 0 Å². The van der Waals surface area contributed by atoms with Gasteiger partial charge in [-0.15, -0.1) is 11.3 Å². The highest BCUT2D eigenvalue weighted by Gasteiger charge is 2.27. The molecule has 2 heterocycles. The van der Waals surface area contributed by atoms with Gasteiger partial charge in [-0.2, -0.15) is 0 Å².